The van der Waals surface area contributed by atoms with Crippen molar-refractivity contribution in [2.24, 2.45) is 5.92 Å². The third-order valence-corrected chi connectivity index (χ3v) is 2.80. The van der Waals surface area contributed by atoms with E-state index >= 15 is 0 Å². The zero-order chi connectivity index (χ0) is 6.97. The Hall–Kier alpha value is -0.300. The largest absolute Gasteiger partial charge is 0.298 e. The molecule has 0 aromatic heterocycles. The molecule has 10 heavy (non-hydrogen) atoms. The molecule has 0 bridgehead atoms. The molecule has 1 heteroatoms. The van der Waals surface area contributed by atoms with E-state index < -0.39 is 0 Å². The van der Waals surface area contributed by atoms with Crippen molar-refractivity contribution < 1.29 is 0 Å². The van der Waals surface area contributed by atoms with Gasteiger partial charge < -0.3 is 0 Å². The quantitative estimate of drug-likeness (QED) is 0.422. The van der Waals surface area contributed by atoms with Gasteiger partial charge in [-0.05, 0) is 25.2 Å². The summed E-state index contributed by atoms with van der Waals surface area (Å²) in [6.07, 6.45) is 6.19. The standard InChI is InChI=1S/C9H15N/c1-2-3-8-4-5-9(8)10-6-7-10/h2,8-9H,1,3-7H2. The molecule has 0 aromatic rings. The number of nitrogens with zero attached hydrogens (tertiary/aromatic N) is 1. The molecule has 1 aliphatic heterocycles. The van der Waals surface area contributed by atoms with Crippen molar-refractivity contribution in [3.05, 3.63) is 12.7 Å². The molecule has 2 unspecified atom stereocenters. The molecular weight excluding hydrogens is 122 g/mol. The van der Waals surface area contributed by atoms with E-state index in [9.17, 15) is 0 Å². The van der Waals surface area contributed by atoms with Crippen LogP contribution in [0.4, 0.5) is 0 Å². The highest BCUT2D eigenvalue weighted by Crippen LogP contribution is 2.37. The van der Waals surface area contributed by atoms with Gasteiger partial charge >= 0.3 is 0 Å². The van der Waals surface area contributed by atoms with E-state index in [0.29, 0.717) is 0 Å². The van der Waals surface area contributed by atoms with Gasteiger partial charge in [-0.1, -0.05) is 6.08 Å². The highest BCUT2D eigenvalue weighted by atomic mass is 15.3. The monoisotopic (exact) mass is 137 g/mol. The molecule has 2 fully saturated rings. The topological polar surface area (TPSA) is 3.01 Å². The Morgan fingerprint density at radius 2 is 2.20 bits per heavy atom. The van der Waals surface area contributed by atoms with Gasteiger partial charge in [0.2, 0.25) is 0 Å². The summed E-state index contributed by atoms with van der Waals surface area (Å²) in [5.74, 6) is 0.958. The molecule has 2 rings (SSSR count). The van der Waals surface area contributed by atoms with Crippen LogP contribution in [-0.2, 0) is 0 Å². The van der Waals surface area contributed by atoms with Crippen LogP contribution >= 0.6 is 0 Å². The fraction of sp³-hybridized carbons (Fsp3) is 0.778. The van der Waals surface area contributed by atoms with Crippen molar-refractivity contribution in [1.29, 1.82) is 0 Å². The third-order valence-electron chi connectivity index (χ3n) is 2.80. The van der Waals surface area contributed by atoms with Crippen molar-refractivity contribution in [3.8, 4) is 0 Å². The van der Waals surface area contributed by atoms with Crippen LogP contribution in [0.3, 0.4) is 0 Å². The Morgan fingerprint density at radius 1 is 1.40 bits per heavy atom. The molecule has 1 aliphatic carbocycles. The van der Waals surface area contributed by atoms with Crippen LogP contribution in [0.15, 0.2) is 12.7 Å². The molecule has 56 valence electrons. The molecule has 0 radical (unpaired) electrons. The van der Waals surface area contributed by atoms with Crippen LogP contribution in [0.1, 0.15) is 19.3 Å². The third kappa shape index (κ3) is 0.988. The average molecular weight is 137 g/mol. The second-order valence-electron chi connectivity index (χ2n) is 3.47. The first-order valence-electron chi connectivity index (χ1n) is 4.27. The second-order valence-corrected chi connectivity index (χ2v) is 3.47. The van der Waals surface area contributed by atoms with Crippen LogP contribution in [0, 0.1) is 5.92 Å². The molecule has 2 atom stereocenters. The summed E-state index contributed by atoms with van der Waals surface area (Å²) in [4.78, 5) is 2.58. The van der Waals surface area contributed by atoms with Crippen molar-refractivity contribution >= 4 is 0 Å². The summed E-state index contributed by atoms with van der Waals surface area (Å²) in [6.45, 7) is 6.50. The van der Waals surface area contributed by atoms with Gasteiger partial charge in [0.05, 0.1) is 0 Å². The molecule has 0 N–H and O–H groups in total. The van der Waals surface area contributed by atoms with Crippen molar-refractivity contribution in [2.75, 3.05) is 13.1 Å². The molecule has 0 amide bonds. The molecule has 1 saturated carbocycles. The second kappa shape index (κ2) is 2.39. The van der Waals surface area contributed by atoms with E-state index in [1.807, 2.05) is 0 Å². The first kappa shape index (κ1) is 6.41. The Balaban J connectivity index is 1.81. The predicted octanol–water partition coefficient (Wildman–Crippen LogP) is 1.66. The molecular formula is C9H15N. The SMILES string of the molecule is C=CCC1CCC1N1CC1. The van der Waals surface area contributed by atoms with Gasteiger partial charge in [0.15, 0.2) is 0 Å². The lowest BCUT2D eigenvalue weighted by Crippen LogP contribution is -2.37. The number of hydrogen-bond donors (Lipinski definition) is 0. The fourth-order valence-electron chi connectivity index (χ4n) is 1.91. The first-order valence-corrected chi connectivity index (χ1v) is 4.27. The summed E-state index contributed by atoms with van der Waals surface area (Å²) >= 11 is 0. The van der Waals surface area contributed by atoms with Crippen LogP contribution in [0.2, 0.25) is 0 Å². The molecule has 1 nitrogen and oxygen atoms in total. The van der Waals surface area contributed by atoms with E-state index in [-0.39, 0.29) is 0 Å². The Morgan fingerprint density at radius 3 is 2.60 bits per heavy atom. The lowest BCUT2D eigenvalue weighted by atomic mass is 9.77. The zero-order valence-electron chi connectivity index (χ0n) is 6.42. The van der Waals surface area contributed by atoms with Crippen molar-refractivity contribution in [2.45, 2.75) is 25.3 Å². The van der Waals surface area contributed by atoms with E-state index in [1.165, 1.54) is 32.4 Å². The molecule has 0 spiro atoms. The predicted molar refractivity (Wildman–Crippen MR) is 42.9 cm³/mol. The number of hydrogen-bond acceptors (Lipinski definition) is 1. The van der Waals surface area contributed by atoms with Gasteiger partial charge in [0.25, 0.3) is 0 Å². The van der Waals surface area contributed by atoms with Crippen LogP contribution < -0.4 is 0 Å². The van der Waals surface area contributed by atoms with E-state index in [4.69, 9.17) is 0 Å². The number of allylic oxidation sites excluding steroid dienone is 1. The van der Waals surface area contributed by atoms with Gasteiger partial charge in [-0.25, -0.2) is 0 Å². The Bertz CT molecular complexity index is 138. The minimum absolute atomic E-state index is 0.943. The van der Waals surface area contributed by atoms with Crippen molar-refractivity contribution in [3.63, 3.8) is 0 Å². The Labute approximate surface area is 62.7 Å². The van der Waals surface area contributed by atoms with Gasteiger partial charge in [-0.15, -0.1) is 6.58 Å². The smallest absolute Gasteiger partial charge is 0.0128 e. The summed E-state index contributed by atoms with van der Waals surface area (Å²) in [5, 5.41) is 0. The zero-order valence-corrected chi connectivity index (χ0v) is 6.42. The minimum atomic E-state index is 0.943. The molecule has 2 aliphatic rings. The molecule has 1 heterocycles. The van der Waals surface area contributed by atoms with E-state index in [1.54, 1.807) is 0 Å². The highest BCUT2D eigenvalue weighted by Gasteiger charge is 2.38. The van der Waals surface area contributed by atoms with Gasteiger partial charge in [0.1, 0.15) is 0 Å². The molecule has 0 aromatic carbocycles. The summed E-state index contributed by atoms with van der Waals surface area (Å²) in [5.41, 5.74) is 0. The minimum Gasteiger partial charge on any atom is -0.298 e. The first-order chi connectivity index (χ1) is 4.92. The summed E-state index contributed by atoms with van der Waals surface area (Å²) in [6, 6.07) is 0.943. The lowest BCUT2D eigenvalue weighted by Gasteiger charge is -2.37. The van der Waals surface area contributed by atoms with Crippen molar-refractivity contribution in [1.82, 2.24) is 4.90 Å². The van der Waals surface area contributed by atoms with Gasteiger partial charge in [-0.3, -0.25) is 4.90 Å². The summed E-state index contributed by atoms with van der Waals surface area (Å²) < 4.78 is 0. The lowest BCUT2D eigenvalue weighted by molar-refractivity contribution is 0.154. The fourth-order valence-corrected chi connectivity index (χ4v) is 1.91. The van der Waals surface area contributed by atoms with Crippen LogP contribution in [0.25, 0.3) is 0 Å². The highest BCUT2D eigenvalue weighted by molar-refractivity contribution is 4.96. The van der Waals surface area contributed by atoms with E-state index in [2.05, 4.69) is 17.6 Å². The van der Waals surface area contributed by atoms with Gasteiger partial charge in [-0.2, -0.15) is 0 Å². The maximum atomic E-state index is 3.78. The van der Waals surface area contributed by atoms with Crippen LogP contribution in [0.5, 0.6) is 0 Å². The maximum Gasteiger partial charge on any atom is 0.0128 e. The Kier molecular flexibility index (Phi) is 1.53. The summed E-state index contributed by atoms with van der Waals surface area (Å²) in [7, 11) is 0. The molecule has 1 saturated heterocycles. The average Bonchev–Trinajstić information content (AvgIpc) is 2.64. The normalized spacial score (nSPS) is 38.8. The maximum absolute atomic E-state index is 3.78. The van der Waals surface area contributed by atoms with Gasteiger partial charge in [0, 0.05) is 19.1 Å². The van der Waals surface area contributed by atoms with E-state index in [0.717, 1.165) is 12.0 Å². The van der Waals surface area contributed by atoms with Crippen LogP contribution in [-0.4, -0.2) is 24.0 Å². The number of rotatable bonds is 3.